The van der Waals surface area contributed by atoms with E-state index in [4.69, 9.17) is 29.9 Å². The third-order valence-electron chi connectivity index (χ3n) is 7.65. The van der Waals surface area contributed by atoms with Crippen LogP contribution in [-0.4, -0.2) is 29.9 Å². The number of hydrogen-bond donors (Lipinski definition) is 0. The maximum Gasteiger partial charge on any atom is 2.00 e. The van der Waals surface area contributed by atoms with Crippen LogP contribution in [0.3, 0.4) is 0 Å². The Morgan fingerprint density at radius 3 is 0.735 bits per heavy atom. The minimum absolute atomic E-state index is 0. The second-order valence-electron chi connectivity index (χ2n) is 9.98. The molecule has 7 heteroatoms. The largest absolute Gasteiger partial charge is 2.00 e. The van der Waals surface area contributed by atoms with E-state index < -0.39 is 0 Å². The molecule has 1 aromatic heterocycles. The standard InChI is InChI=1S/C34H18N6.4C2H6.Cu/c1-2-10-20-19(9-1)27-17-28(20)36-32-25-15-7-8-16-26(25)34(40-32)38-30-18-29(21-11-3-4-12-22(21)30)37-33-24-14-6-5-13-23(24)31(35-27)39-33;4*1-2;/h1-18H;4*1-2H3;/q-2;;;;;+2. The van der Waals surface area contributed by atoms with Crippen molar-refractivity contribution >= 4 is 43.6 Å². The summed E-state index contributed by atoms with van der Waals surface area (Å²) in [6.07, 6.45) is 0. The van der Waals surface area contributed by atoms with Crippen LogP contribution >= 0.6 is 0 Å². The van der Waals surface area contributed by atoms with E-state index in [0.29, 0.717) is 23.3 Å². The summed E-state index contributed by atoms with van der Waals surface area (Å²) in [6.45, 7) is 16.0. The average Bonchev–Trinajstić information content (AvgIpc) is 3.91. The minimum atomic E-state index is 0. The van der Waals surface area contributed by atoms with Gasteiger partial charge in [-0.15, -0.1) is 57.9 Å². The Morgan fingerprint density at radius 1 is 0.306 bits per heavy atom. The van der Waals surface area contributed by atoms with Crippen LogP contribution < -0.4 is 0 Å². The van der Waals surface area contributed by atoms with E-state index in [9.17, 15) is 0 Å². The van der Waals surface area contributed by atoms with Gasteiger partial charge in [0.2, 0.25) is 0 Å². The predicted molar refractivity (Wildman–Crippen MR) is 204 cm³/mol. The molecule has 49 heavy (non-hydrogen) atoms. The van der Waals surface area contributed by atoms with E-state index in [1.54, 1.807) is 0 Å². The summed E-state index contributed by atoms with van der Waals surface area (Å²) in [4.78, 5) is 30.2. The van der Waals surface area contributed by atoms with Gasteiger partial charge in [0.1, 0.15) is 0 Å². The first kappa shape index (κ1) is 36.7. The molecule has 251 valence electrons. The second kappa shape index (κ2) is 16.8. The molecule has 3 heterocycles. The molecule has 0 fully saturated rings. The van der Waals surface area contributed by atoms with Gasteiger partial charge in [-0.25, -0.2) is 9.97 Å². The summed E-state index contributed by atoms with van der Waals surface area (Å²) in [5.41, 5.74) is 7.12. The summed E-state index contributed by atoms with van der Waals surface area (Å²) >= 11 is 0. The third-order valence-corrected chi connectivity index (χ3v) is 7.65. The molecule has 1 radical (unpaired) electrons. The number of fused-ring (bicyclic) bond motifs is 20. The zero-order valence-electron chi connectivity index (χ0n) is 29.4. The Morgan fingerprint density at radius 2 is 0.510 bits per heavy atom. The fraction of sp³-hybridized carbons (Fsp3) is 0.190. The van der Waals surface area contributed by atoms with E-state index in [-0.39, 0.29) is 17.1 Å². The van der Waals surface area contributed by atoms with Crippen molar-refractivity contribution in [3.05, 3.63) is 109 Å². The van der Waals surface area contributed by atoms with Gasteiger partial charge in [0.25, 0.3) is 0 Å². The molecule has 2 aliphatic heterocycles. The van der Waals surface area contributed by atoms with Crippen LogP contribution in [-0.2, 0) is 17.1 Å². The molecule has 0 N–H and O–H groups in total. The molecule has 2 aliphatic rings. The molecule has 0 spiro atoms. The molecular weight excluding hydrogens is 652 g/mol. The van der Waals surface area contributed by atoms with E-state index in [0.717, 1.165) is 65.9 Å². The number of hydrogen-bond acceptors (Lipinski definition) is 6. The van der Waals surface area contributed by atoms with Crippen molar-refractivity contribution in [1.29, 1.82) is 0 Å². The average molecular weight is 694 g/mol. The molecule has 0 saturated carbocycles. The van der Waals surface area contributed by atoms with Crippen molar-refractivity contribution in [3.63, 3.8) is 0 Å². The van der Waals surface area contributed by atoms with E-state index in [1.165, 1.54) is 0 Å². The predicted octanol–water partition coefficient (Wildman–Crippen LogP) is 11.8. The molecule has 6 nitrogen and oxygen atoms in total. The van der Waals surface area contributed by atoms with Gasteiger partial charge in [-0.2, -0.15) is 0 Å². The van der Waals surface area contributed by atoms with E-state index in [1.807, 2.05) is 116 Å². The molecule has 7 aromatic rings. The van der Waals surface area contributed by atoms with Crippen LogP contribution in [0.5, 0.6) is 0 Å². The summed E-state index contributed by atoms with van der Waals surface area (Å²) < 4.78 is 0. The van der Waals surface area contributed by atoms with Crippen LogP contribution in [0.15, 0.2) is 109 Å². The number of rotatable bonds is 0. The Labute approximate surface area is 299 Å². The van der Waals surface area contributed by atoms with Crippen molar-refractivity contribution in [2.24, 2.45) is 0 Å². The van der Waals surface area contributed by atoms with Crippen LogP contribution in [0.1, 0.15) is 55.4 Å². The first-order chi connectivity index (χ1) is 23.8. The summed E-state index contributed by atoms with van der Waals surface area (Å²) in [5.74, 6) is 2.57. The van der Waals surface area contributed by atoms with Gasteiger partial charge in [0.05, 0.1) is 0 Å². The van der Waals surface area contributed by atoms with Crippen LogP contribution in [0.25, 0.3) is 89.2 Å². The summed E-state index contributed by atoms with van der Waals surface area (Å²) in [5, 5.41) is 4.07. The van der Waals surface area contributed by atoms with Gasteiger partial charge in [-0.05, 0) is 22.1 Å². The van der Waals surface area contributed by atoms with Crippen molar-refractivity contribution in [2.45, 2.75) is 55.4 Å². The van der Waals surface area contributed by atoms with Gasteiger partial charge in [0.15, 0.2) is 23.3 Å². The van der Waals surface area contributed by atoms with Gasteiger partial charge >= 0.3 is 17.1 Å². The molecule has 0 unspecified atom stereocenters. The molecule has 8 bridgehead atoms. The number of benzene rings is 4. The van der Waals surface area contributed by atoms with Gasteiger partial charge in [0, 0.05) is 22.3 Å². The molecule has 0 atom stereocenters. The molecule has 0 amide bonds. The SMILES string of the molecule is CC.CC.CC.CC.[Cu+2].c1ccc2c(c1)-c1nc-2nc2[cH-]c(nc3nc(nc4[cH-]c(n1)c1ccccc41)-c1ccccc1-3)c1ccccc21. The van der Waals surface area contributed by atoms with Crippen molar-refractivity contribution < 1.29 is 17.1 Å². The summed E-state index contributed by atoms with van der Waals surface area (Å²) in [6, 6.07) is 36.7. The normalized spacial score (nSPS) is 10.3. The maximum absolute atomic E-state index is 5.08. The molecule has 0 saturated heterocycles. The van der Waals surface area contributed by atoms with Gasteiger partial charge in [-0.1, -0.05) is 128 Å². The van der Waals surface area contributed by atoms with Crippen molar-refractivity contribution in [2.75, 3.05) is 0 Å². The number of aromatic nitrogens is 6. The molecular formula is C42H42CuN6. The molecule has 0 aliphatic carbocycles. The van der Waals surface area contributed by atoms with Gasteiger partial charge in [-0.3, -0.25) is 19.9 Å². The zero-order valence-corrected chi connectivity index (χ0v) is 30.3. The van der Waals surface area contributed by atoms with Crippen LogP contribution in [0.2, 0.25) is 0 Å². The maximum atomic E-state index is 5.08. The van der Waals surface area contributed by atoms with Crippen LogP contribution in [0.4, 0.5) is 0 Å². The van der Waals surface area contributed by atoms with Gasteiger partial charge < -0.3 is 0 Å². The Hall–Kier alpha value is -5.10. The molecule has 9 rings (SSSR count). The zero-order chi connectivity index (χ0) is 34.2. The quantitative estimate of drug-likeness (QED) is 0.116. The van der Waals surface area contributed by atoms with Crippen molar-refractivity contribution in [3.8, 4) is 45.6 Å². The minimum Gasteiger partial charge on any atom is -0.256 e. The van der Waals surface area contributed by atoms with E-state index >= 15 is 0 Å². The first-order valence-corrected chi connectivity index (χ1v) is 17.1. The third kappa shape index (κ3) is 6.78. The van der Waals surface area contributed by atoms with Crippen molar-refractivity contribution in [1.82, 2.24) is 29.9 Å². The first-order valence-electron chi connectivity index (χ1n) is 17.1. The Kier molecular flexibility index (Phi) is 12.6. The Balaban J connectivity index is 0.000000564. The molecule has 6 aromatic carbocycles. The van der Waals surface area contributed by atoms with Crippen LogP contribution in [0, 0.1) is 0 Å². The fourth-order valence-electron chi connectivity index (χ4n) is 5.78. The van der Waals surface area contributed by atoms with E-state index in [2.05, 4.69) is 48.5 Å². The summed E-state index contributed by atoms with van der Waals surface area (Å²) in [7, 11) is 0. The second-order valence-corrected chi connectivity index (χ2v) is 9.98. The monoisotopic (exact) mass is 693 g/mol. The fourth-order valence-corrected chi connectivity index (χ4v) is 5.78. The smallest absolute Gasteiger partial charge is 0.256 e. The Bertz CT molecular complexity index is 2030. The number of nitrogens with zero attached hydrogens (tertiary/aromatic N) is 6. The topological polar surface area (TPSA) is 77.3 Å².